The summed E-state index contributed by atoms with van der Waals surface area (Å²) in [7, 11) is 1.64. The normalized spacial score (nSPS) is 22.2. The van der Waals surface area contributed by atoms with E-state index >= 15 is 0 Å². The molecule has 7 heteroatoms. The third-order valence-electron chi connectivity index (χ3n) is 5.74. The lowest BCUT2D eigenvalue weighted by Gasteiger charge is -2.36. The number of rotatable bonds is 3. The van der Waals surface area contributed by atoms with Gasteiger partial charge < -0.3 is 9.15 Å². The minimum absolute atomic E-state index is 0.205. The maximum atomic E-state index is 13.2. The van der Waals surface area contributed by atoms with E-state index in [4.69, 9.17) is 9.15 Å². The van der Waals surface area contributed by atoms with Gasteiger partial charge in [0, 0.05) is 6.42 Å². The maximum Gasteiger partial charge on any atom is 0.365 e. The number of allylic oxidation sites excluding steroid dienone is 1. The van der Waals surface area contributed by atoms with Crippen molar-refractivity contribution >= 4 is 28.9 Å². The van der Waals surface area contributed by atoms with Gasteiger partial charge in [0.05, 0.1) is 12.8 Å². The molecule has 0 fully saturated rings. The third-order valence-corrected chi connectivity index (χ3v) is 5.74. The zero-order valence-corrected chi connectivity index (χ0v) is 17.7. The first-order valence-electron chi connectivity index (χ1n) is 10.3. The van der Waals surface area contributed by atoms with Gasteiger partial charge in [-0.2, -0.15) is 10.3 Å². The molecule has 0 spiro atoms. The number of Topliss-reactive ketones (excluding diaryl/α,β-unsaturated/α-hetero) is 1. The van der Waals surface area contributed by atoms with Crippen LogP contribution >= 0.6 is 0 Å². The van der Waals surface area contributed by atoms with E-state index in [2.05, 4.69) is 40.5 Å². The number of carbonyl (C=O) groups excluding carboxylic acids is 1. The zero-order valence-electron chi connectivity index (χ0n) is 17.7. The quantitative estimate of drug-likeness (QED) is 0.607. The fourth-order valence-electron chi connectivity index (χ4n) is 4.40. The number of para-hydroxylation sites is 2. The molecule has 0 unspecified atom stereocenters. The van der Waals surface area contributed by atoms with E-state index in [0.717, 1.165) is 22.5 Å². The molecule has 0 amide bonds. The van der Waals surface area contributed by atoms with Gasteiger partial charge in [-0.3, -0.25) is 9.79 Å². The topological polar surface area (TPSA) is 90.4 Å². The number of methoxy groups -OCH3 is 1. The Morgan fingerprint density at radius 3 is 2.87 bits per heavy atom. The van der Waals surface area contributed by atoms with E-state index in [1.807, 2.05) is 48.5 Å². The summed E-state index contributed by atoms with van der Waals surface area (Å²) in [4.78, 5) is 21.1. The van der Waals surface area contributed by atoms with Crippen LogP contribution in [0.25, 0.3) is 11.1 Å². The molecule has 158 valence electrons. The first-order valence-corrected chi connectivity index (χ1v) is 10.3. The molecular formula is C24H25N4O3+. The largest absolute Gasteiger partial charge is 0.497 e. The van der Waals surface area contributed by atoms with Gasteiger partial charge in [-0.15, -0.1) is 0 Å². The molecule has 2 aromatic carbocycles. The van der Waals surface area contributed by atoms with Gasteiger partial charge in [0.1, 0.15) is 29.0 Å². The zero-order chi connectivity index (χ0) is 21.6. The van der Waals surface area contributed by atoms with E-state index < -0.39 is 0 Å². The summed E-state index contributed by atoms with van der Waals surface area (Å²) in [5, 5.41) is 6.57. The average molecular weight is 417 g/mol. The second kappa shape index (κ2) is 7.27. The van der Waals surface area contributed by atoms with Gasteiger partial charge in [0.25, 0.3) is 0 Å². The number of oxazole rings is 1. The molecule has 7 nitrogen and oxygen atoms in total. The summed E-state index contributed by atoms with van der Waals surface area (Å²) in [6.07, 6.45) is 2.65. The molecule has 1 aromatic heterocycles. The summed E-state index contributed by atoms with van der Waals surface area (Å²) in [5.74, 6) is 1.26. The van der Waals surface area contributed by atoms with Crippen molar-refractivity contribution in [2.24, 2.45) is 11.3 Å². The number of benzene rings is 2. The van der Waals surface area contributed by atoms with E-state index in [1.54, 1.807) is 7.11 Å². The van der Waals surface area contributed by atoms with Gasteiger partial charge in [-0.25, -0.2) is 5.32 Å². The minimum Gasteiger partial charge on any atom is -0.497 e. The number of anilines is 1. The number of aromatic nitrogens is 1. The maximum absolute atomic E-state index is 13.2. The van der Waals surface area contributed by atoms with Crippen LogP contribution in [0.4, 0.5) is 6.01 Å². The number of ether oxygens (including phenoxy) is 1. The molecule has 0 bridgehead atoms. The first-order chi connectivity index (χ1) is 14.9. The summed E-state index contributed by atoms with van der Waals surface area (Å²) in [6.45, 7) is 4.15. The number of ketones is 1. The van der Waals surface area contributed by atoms with Gasteiger partial charge in [0.2, 0.25) is 0 Å². The molecule has 0 radical (unpaired) electrons. The third kappa shape index (κ3) is 3.67. The summed E-state index contributed by atoms with van der Waals surface area (Å²) >= 11 is 0. The lowest BCUT2D eigenvalue weighted by Crippen LogP contribution is -2.84. The predicted molar refractivity (Wildman–Crippen MR) is 117 cm³/mol. The Bertz CT molecular complexity index is 1190. The van der Waals surface area contributed by atoms with Gasteiger partial charge in [0.15, 0.2) is 5.58 Å². The van der Waals surface area contributed by atoms with E-state index in [-0.39, 0.29) is 23.2 Å². The highest BCUT2D eigenvalue weighted by molar-refractivity contribution is 5.94. The number of nitrogens with one attached hydrogen (secondary N) is 3. The molecule has 1 aliphatic heterocycles. The lowest BCUT2D eigenvalue weighted by atomic mass is 9.72. The van der Waals surface area contributed by atoms with Crippen LogP contribution < -0.4 is 20.4 Å². The molecule has 3 aromatic rings. The van der Waals surface area contributed by atoms with Crippen LogP contribution in [0.1, 0.15) is 31.9 Å². The summed E-state index contributed by atoms with van der Waals surface area (Å²) < 4.78 is 11.2. The molecule has 31 heavy (non-hydrogen) atoms. The highest BCUT2D eigenvalue weighted by Gasteiger charge is 2.45. The van der Waals surface area contributed by atoms with Crippen molar-refractivity contribution in [3.05, 3.63) is 65.9 Å². The summed E-state index contributed by atoms with van der Waals surface area (Å²) in [6, 6.07) is 15.5. The van der Waals surface area contributed by atoms with Crippen molar-refractivity contribution in [2.75, 3.05) is 12.4 Å². The minimum atomic E-state index is -0.311. The lowest BCUT2D eigenvalue weighted by molar-refractivity contribution is -0.522. The number of nitrogens with zero attached hydrogens (tertiary/aromatic N) is 1. The second-order valence-electron chi connectivity index (χ2n) is 8.72. The molecule has 1 aliphatic carbocycles. The van der Waals surface area contributed by atoms with Crippen LogP contribution in [0.2, 0.25) is 0 Å². The van der Waals surface area contributed by atoms with Gasteiger partial charge in [-0.1, -0.05) is 38.1 Å². The van der Waals surface area contributed by atoms with Crippen LogP contribution in [0, 0.1) is 11.3 Å². The van der Waals surface area contributed by atoms with Crippen molar-refractivity contribution in [3.63, 3.8) is 0 Å². The number of fused-ring (bicyclic) bond motifs is 2. The highest BCUT2D eigenvalue weighted by atomic mass is 16.5. The molecule has 0 saturated heterocycles. The number of hydrogen-bond donors (Lipinski definition) is 3. The monoisotopic (exact) mass is 417 g/mol. The van der Waals surface area contributed by atoms with Crippen molar-refractivity contribution in [3.8, 4) is 5.75 Å². The van der Waals surface area contributed by atoms with Gasteiger partial charge in [-0.05, 0) is 41.3 Å². The molecule has 0 saturated carbocycles. The Hall–Kier alpha value is -3.61. The Morgan fingerprint density at radius 1 is 1.23 bits per heavy atom. The van der Waals surface area contributed by atoms with Crippen molar-refractivity contribution in [1.29, 1.82) is 0 Å². The molecular weight excluding hydrogens is 392 g/mol. The van der Waals surface area contributed by atoms with E-state index in [0.29, 0.717) is 24.0 Å². The molecule has 2 heterocycles. The van der Waals surface area contributed by atoms with E-state index in [9.17, 15) is 4.79 Å². The Balaban J connectivity index is 1.56. The Labute approximate surface area is 180 Å². The summed E-state index contributed by atoms with van der Waals surface area (Å²) in [5.41, 5.74) is 3.12. The second-order valence-corrected chi connectivity index (χ2v) is 8.72. The fourth-order valence-corrected chi connectivity index (χ4v) is 4.40. The van der Waals surface area contributed by atoms with Crippen LogP contribution in [0.15, 0.2) is 64.7 Å². The van der Waals surface area contributed by atoms with E-state index in [1.165, 1.54) is 0 Å². The first kappa shape index (κ1) is 19.4. The molecule has 5 rings (SSSR count). The number of hydrogen-bond acceptors (Lipinski definition) is 6. The van der Waals surface area contributed by atoms with Crippen molar-refractivity contribution in [2.45, 2.75) is 26.3 Å². The Kier molecular flexibility index (Phi) is 4.54. The van der Waals surface area contributed by atoms with Crippen LogP contribution in [0.5, 0.6) is 5.75 Å². The number of guanidine groups is 1. The van der Waals surface area contributed by atoms with Crippen LogP contribution in [-0.2, 0) is 4.79 Å². The van der Waals surface area contributed by atoms with Crippen molar-refractivity contribution < 1.29 is 18.9 Å². The SMILES string of the molecule is COc1cccc([C@H]2[NH+]=C(Nc3nc4ccccc4o3)NC3=CC(C)(C)CC(=O)[C@@H]32)c1. The van der Waals surface area contributed by atoms with Crippen LogP contribution in [0.3, 0.4) is 0 Å². The Morgan fingerprint density at radius 2 is 2.06 bits per heavy atom. The molecule has 2 atom stereocenters. The van der Waals surface area contributed by atoms with Crippen molar-refractivity contribution in [1.82, 2.24) is 10.3 Å². The molecule has 2 aliphatic rings. The predicted octanol–water partition coefficient (Wildman–Crippen LogP) is 2.53. The van der Waals surface area contributed by atoms with Gasteiger partial charge >= 0.3 is 12.0 Å². The standard InChI is InChI=1S/C24H24N4O3/c1-24(2)12-17-20(18(29)13-24)21(14-7-6-8-15(11-14)30-3)27-22(25-17)28-23-26-16-9-4-5-10-19(16)31-23/h4-12,20-21H,13H2,1-3H3,(H2,25,26,27,28)/p+1/t20-,21-/m1/s1. The highest BCUT2D eigenvalue weighted by Crippen LogP contribution is 2.39. The van der Waals surface area contributed by atoms with Crippen LogP contribution in [-0.4, -0.2) is 23.8 Å². The number of carbonyl (C=O) groups is 1. The smallest absolute Gasteiger partial charge is 0.365 e. The average Bonchev–Trinajstić information content (AvgIpc) is 3.14. The fraction of sp³-hybridized carbons (Fsp3) is 0.292. The molecule has 3 N–H and O–H groups in total.